The van der Waals surface area contributed by atoms with Gasteiger partial charge in [-0.15, -0.1) is 0 Å². The average Bonchev–Trinajstić information content (AvgIpc) is 2.97. The summed E-state index contributed by atoms with van der Waals surface area (Å²) in [6.45, 7) is 5.30. The summed E-state index contributed by atoms with van der Waals surface area (Å²) in [7, 11) is -1.30. The van der Waals surface area contributed by atoms with Gasteiger partial charge in [-0.3, -0.25) is 13.9 Å². The summed E-state index contributed by atoms with van der Waals surface area (Å²) in [6.07, 6.45) is 0. The molecule has 11 heteroatoms. The van der Waals surface area contributed by atoms with Crippen molar-refractivity contribution < 1.29 is 31.9 Å². The Kier molecular flexibility index (Phi) is 10.7. The highest BCUT2D eigenvalue weighted by atomic mass is 32.2. The van der Waals surface area contributed by atoms with E-state index in [0.29, 0.717) is 23.6 Å². The predicted octanol–water partition coefficient (Wildman–Crippen LogP) is 4.23. The molecule has 0 heterocycles. The Morgan fingerprint density at radius 2 is 1.54 bits per heavy atom. The van der Waals surface area contributed by atoms with Gasteiger partial charge in [0.25, 0.3) is 10.0 Å². The number of benzene rings is 3. The smallest absolute Gasteiger partial charge is 0.264 e. The monoisotopic (exact) mass is 585 g/mol. The first-order valence-corrected chi connectivity index (χ1v) is 14.5. The second-order valence-electron chi connectivity index (χ2n) is 9.85. The normalized spacial score (nSPS) is 12.0. The summed E-state index contributed by atoms with van der Waals surface area (Å²) in [5.41, 5.74) is 0.779. The van der Waals surface area contributed by atoms with Crippen molar-refractivity contribution in [3.63, 3.8) is 0 Å². The van der Waals surface area contributed by atoms with E-state index in [1.165, 1.54) is 55.5 Å². The van der Waals surface area contributed by atoms with Crippen LogP contribution in [0.1, 0.15) is 26.3 Å². The van der Waals surface area contributed by atoms with E-state index in [0.717, 1.165) is 16.4 Å². The molecule has 0 aliphatic heterocycles. The zero-order chi connectivity index (χ0) is 30.2. The summed E-state index contributed by atoms with van der Waals surface area (Å²) in [6, 6.07) is 16.6. The molecule has 0 saturated heterocycles. The lowest BCUT2D eigenvalue weighted by atomic mass is 10.1. The van der Waals surface area contributed by atoms with Gasteiger partial charge in [-0.2, -0.15) is 0 Å². The third-order valence-electron chi connectivity index (χ3n) is 6.38. The van der Waals surface area contributed by atoms with Crippen LogP contribution in [0.25, 0.3) is 0 Å². The summed E-state index contributed by atoms with van der Waals surface area (Å²) in [4.78, 5) is 28.2. The van der Waals surface area contributed by atoms with Gasteiger partial charge in [0.2, 0.25) is 11.8 Å². The van der Waals surface area contributed by atoms with Crippen LogP contribution in [0.3, 0.4) is 0 Å². The number of hydrogen-bond donors (Lipinski definition) is 1. The van der Waals surface area contributed by atoms with Crippen molar-refractivity contribution in [2.75, 3.05) is 31.6 Å². The summed E-state index contributed by atoms with van der Waals surface area (Å²) < 4.78 is 52.8. The van der Waals surface area contributed by atoms with Crippen LogP contribution in [0.2, 0.25) is 0 Å². The highest BCUT2D eigenvalue weighted by Crippen LogP contribution is 2.26. The first kappa shape index (κ1) is 31.4. The Hall–Kier alpha value is -4.12. The number of carbonyl (C=O) groups is 2. The minimum atomic E-state index is -4.28. The topological polar surface area (TPSA) is 105 Å². The number of rotatable bonds is 13. The number of nitrogens with one attached hydrogen (secondary N) is 1. The summed E-state index contributed by atoms with van der Waals surface area (Å²) >= 11 is 0. The second kappa shape index (κ2) is 14.0. The molecule has 0 aliphatic rings. The average molecular weight is 586 g/mol. The van der Waals surface area contributed by atoms with Crippen molar-refractivity contribution in [2.24, 2.45) is 5.92 Å². The van der Waals surface area contributed by atoms with Crippen molar-refractivity contribution >= 4 is 27.5 Å². The van der Waals surface area contributed by atoms with Crippen molar-refractivity contribution in [3.8, 4) is 11.5 Å². The van der Waals surface area contributed by atoms with E-state index in [9.17, 15) is 22.4 Å². The highest BCUT2D eigenvalue weighted by Gasteiger charge is 2.32. The van der Waals surface area contributed by atoms with E-state index in [4.69, 9.17) is 9.47 Å². The molecule has 0 aliphatic carbocycles. The Morgan fingerprint density at radius 1 is 0.902 bits per heavy atom. The number of carbonyl (C=O) groups excluding carboxylic acids is 2. The number of ether oxygens (including phenoxy) is 2. The number of sulfonamides is 1. The third kappa shape index (κ3) is 8.20. The van der Waals surface area contributed by atoms with Crippen LogP contribution in [0.5, 0.6) is 11.5 Å². The number of anilines is 1. The van der Waals surface area contributed by atoms with E-state index in [1.807, 2.05) is 13.8 Å². The van der Waals surface area contributed by atoms with E-state index >= 15 is 0 Å². The molecular weight excluding hydrogens is 549 g/mol. The molecule has 220 valence electrons. The maximum Gasteiger partial charge on any atom is 0.264 e. The standard InChI is InChI=1S/C30H36FN3O6S/c1-21(2)18-32-30(36)22(3)33(19-23-7-6-8-27(17-23)40-5)29(35)20-34(25-11-9-24(31)10-12-25)41(37,38)28-15-13-26(39-4)14-16-28/h6-17,21-22H,18-20H2,1-5H3,(H,32,36)/t22-/m1/s1. The molecule has 3 aromatic rings. The molecule has 0 radical (unpaired) electrons. The molecule has 0 unspecified atom stereocenters. The van der Waals surface area contributed by atoms with Gasteiger partial charge in [-0.25, -0.2) is 12.8 Å². The molecule has 0 spiro atoms. The second-order valence-corrected chi connectivity index (χ2v) is 11.7. The van der Waals surface area contributed by atoms with Crippen LogP contribution in [0, 0.1) is 11.7 Å². The number of amides is 2. The van der Waals surface area contributed by atoms with Crippen LogP contribution in [-0.4, -0.2) is 58.5 Å². The fraction of sp³-hybridized carbons (Fsp3) is 0.333. The Labute approximate surface area is 240 Å². The first-order valence-electron chi connectivity index (χ1n) is 13.1. The minimum absolute atomic E-state index is 0.0200. The number of hydrogen-bond acceptors (Lipinski definition) is 6. The van der Waals surface area contributed by atoms with Gasteiger partial charge in [0, 0.05) is 13.1 Å². The zero-order valence-corrected chi connectivity index (χ0v) is 24.7. The fourth-order valence-electron chi connectivity index (χ4n) is 4.01. The Balaban J connectivity index is 2.02. The Bertz CT molecular complexity index is 1430. The lowest BCUT2D eigenvalue weighted by Gasteiger charge is -2.32. The van der Waals surface area contributed by atoms with E-state index in [-0.39, 0.29) is 29.0 Å². The molecule has 0 bridgehead atoms. The summed E-state index contributed by atoms with van der Waals surface area (Å²) in [5.74, 6) is -0.335. The molecular formula is C30H36FN3O6S. The largest absolute Gasteiger partial charge is 0.497 e. The van der Waals surface area contributed by atoms with Crippen molar-refractivity contribution in [2.45, 2.75) is 38.3 Å². The van der Waals surface area contributed by atoms with Gasteiger partial charge in [0.05, 0.1) is 24.8 Å². The van der Waals surface area contributed by atoms with Crippen LogP contribution in [0.15, 0.2) is 77.7 Å². The van der Waals surface area contributed by atoms with Crippen LogP contribution < -0.4 is 19.1 Å². The SMILES string of the molecule is COc1ccc(S(=O)(=O)N(CC(=O)N(Cc2cccc(OC)c2)[C@H](C)C(=O)NCC(C)C)c2ccc(F)cc2)cc1. The number of halogens is 1. The van der Waals surface area contributed by atoms with Crippen molar-refractivity contribution in [1.29, 1.82) is 0 Å². The first-order chi connectivity index (χ1) is 19.5. The molecule has 3 rings (SSSR count). The lowest BCUT2D eigenvalue weighted by molar-refractivity contribution is -0.139. The molecule has 0 fully saturated rings. The molecule has 1 atom stereocenters. The van der Waals surface area contributed by atoms with Crippen LogP contribution in [0.4, 0.5) is 10.1 Å². The van der Waals surface area contributed by atoms with Gasteiger partial charge < -0.3 is 19.7 Å². The van der Waals surface area contributed by atoms with Crippen molar-refractivity contribution in [1.82, 2.24) is 10.2 Å². The van der Waals surface area contributed by atoms with Gasteiger partial charge in [-0.05, 0) is 79.1 Å². The fourth-order valence-corrected chi connectivity index (χ4v) is 5.43. The van der Waals surface area contributed by atoms with Crippen molar-refractivity contribution in [3.05, 3.63) is 84.2 Å². The summed E-state index contributed by atoms with van der Waals surface area (Å²) in [5, 5.41) is 2.84. The highest BCUT2D eigenvalue weighted by molar-refractivity contribution is 7.92. The van der Waals surface area contributed by atoms with Crippen LogP contribution >= 0.6 is 0 Å². The molecule has 0 aromatic heterocycles. The lowest BCUT2D eigenvalue weighted by Crippen LogP contribution is -2.51. The third-order valence-corrected chi connectivity index (χ3v) is 8.17. The molecule has 41 heavy (non-hydrogen) atoms. The molecule has 9 nitrogen and oxygen atoms in total. The zero-order valence-electron chi connectivity index (χ0n) is 23.8. The molecule has 3 aromatic carbocycles. The number of methoxy groups -OCH3 is 2. The maximum atomic E-state index is 13.9. The Morgan fingerprint density at radius 3 is 2.12 bits per heavy atom. The van der Waals surface area contributed by atoms with Gasteiger partial charge in [0.15, 0.2) is 0 Å². The quantitative estimate of drug-likeness (QED) is 0.322. The predicted molar refractivity (Wildman–Crippen MR) is 155 cm³/mol. The van der Waals surface area contributed by atoms with E-state index in [1.54, 1.807) is 31.2 Å². The van der Waals surface area contributed by atoms with Gasteiger partial charge in [-0.1, -0.05) is 26.0 Å². The molecule has 1 N–H and O–H groups in total. The number of nitrogens with zero attached hydrogens (tertiary/aromatic N) is 2. The van der Waals surface area contributed by atoms with Crippen LogP contribution in [-0.2, 0) is 26.2 Å². The van der Waals surface area contributed by atoms with Gasteiger partial charge >= 0.3 is 0 Å². The van der Waals surface area contributed by atoms with E-state index < -0.39 is 34.3 Å². The minimum Gasteiger partial charge on any atom is -0.497 e. The molecule has 0 saturated carbocycles. The molecule has 2 amide bonds. The van der Waals surface area contributed by atoms with Gasteiger partial charge in [0.1, 0.15) is 29.9 Å². The maximum absolute atomic E-state index is 13.9. The van der Waals surface area contributed by atoms with E-state index in [2.05, 4.69) is 5.32 Å².